The van der Waals surface area contributed by atoms with E-state index in [4.69, 9.17) is 28.9 Å². The van der Waals surface area contributed by atoms with Gasteiger partial charge in [-0.05, 0) is 91.9 Å². The smallest absolute Gasteiger partial charge is 0.255 e. The van der Waals surface area contributed by atoms with Gasteiger partial charge in [-0.15, -0.1) is 0 Å². The summed E-state index contributed by atoms with van der Waals surface area (Å²) in [5, 5.41) is 10.4. The Morgan fingerprint density at radius 1 is 0.905 bits per heavy atom. The minimum Gasteiger partial charge on any atom is -0.396 e. The first kappa shape index (κ1) is 29.8. The molecular weight excluding hydrogens is 583 g/mol. The summed E-state index contributed by atoms with van der Waals surface area (Å²) >= 11 is 12.7. The number of carbonyl (C=O) groups excluding carboxylic acids is 2. The molecule has 1 aromatic heterocycles. The standard InChI is InChI=1S/C32H29Cl2F2N3O3/c33-21-5-10-24(11-6-21)39-28(2-1-17-40)26(19-29(39)25-12-9-23(36)18-27(25)34)30(41)38-15-13-32(14-16-38,31(37)42)20-3-7-22(35)8-4-20/h3-12,18-19,40H,1-2,13-17H2,(H2,37,42). The summed E-state index contributed by atoms with van der Waals surface area (Å²) in [5.74, 6) is -1.68. The summed E-state index contributed by atoms with van der Waals surface area (Å²) in [6.45, 7) is 0.406. The van der Waals surface area contributed by atoms with Crippen molar-refractivity contribution < 1.29 is 23.5 Å². The lowest BCUT2D eigenvalue weighted by atomic mass is 9.72. The Morgan fingerprint density at radius 2 is 1.55 bits per heavy atom. The first-order valence-corrected chi connectivity index (χ1v) is 14.3. The number of primary amides is 1. The van der Waals surface area contributed by atoms with Gasteiger partial charge in [0, 0.05) is 41.7 Å². The highest BCUT2D eigenvalue weighted by atomic mass is 35.5. The van der Waals surface area contributed by atoms with Crippen LogP contribution in [0.1, 0.15) is 40.9 Å². The molecule has 0 atom stereocenters. The van der Waals surface area contributed by atoms with E-state index in [1.54, 1.807) is 41.3 Å². The predicted octanol–water partition coefficient (Wildman–Crippen LogP) is 6.31. The van der Waals surface area contributed by atoms with Crippen LogP contribution in [0.3, 0.4) is 0 Å². The van der Waals surface area contributed by atoms with Gasteiger partial charge in [0.15, 0.2) is 0 Å². The molecule has 218 valence electrons. The normalized spacial score (nSPS) is 14.6. The Morgan fingerprint density at radius 3 is 2.14 bits per heavy atom. The van der Waals surface area contributed by atoms with E-state index in [1.165, 1.54) is 24.3 Å². The van der Waals surface area contributed by atoms with Crippen molar-refractivity contribution in [2.75, 3.05) is 19.7 Å². The minimum atomic E-state index is -1.02. The van der Waals surface area contributed by atoms with Gasteiger partial charge in [-0.3, -0.25) is 9.59 Å². The fourth-order valence-electron chi connectivity index (χ4n) is 5.72. The molecule has 0 spiro atoms. The topological polar surface area (TPSA) is 88.6 Å². The monoisotopic (exact) mass is 611 g/mol. The van der Waals surface area contributed by atoms with Crippen LogP contribution >= 0.6 is 23.2 Å². The molecule has 6 nitrogen and oxygen atoms in total. The zero-order valence-corrected chi connectivity index (χ0v) is 24.1. The summed E-state index contributed by atoms with van der Waals surface area (Å²) in [6, 6.07) is 18.6. The fraction of sp³-hybridized carbons (Fsp3) is 0.250. The number of aliphatic hydroxyl groups excluding tert-OH is 1. The van der Waals surface area contributed by atoms with E-state index in [2.05, 4.69) is 0 Å². The molecule has 3 aromatic carbocycles. The molecule has 4 aromatic rings. The van der Waals surface area contributed by atoms with Crippen molar-refractivity contribution in [1.82, 2.24) is 9.47 Å². The molecule has 2 amide bonds. The van der Waals surface area contributed by atoms with Gasteiger partial charge >= 0.3 is 0 Å². The van der Waals surface area contributed by atoms with Crippen LogP contribution < -0.4 is 5.73 Å². The maximum absolute atomic E-state index is 14.1. The van der Waals surface area contributed by atoms with Crippen LogP contribution in [0.15, 0.2) is 72.8 Å². The number of nitrogens with zero attached hydrogens (tertiary/aromatic N) is 2. The van der Waals surface area contributed by atoms with Crippen LogP contribution in [-0.4, -0.2) is 46.1 Å². The van der Waals surface area contributed by atoms with Crippen molar-refractivity contribution in [2.45, 2.75) is 31.1 Å². The first-order valence-electron chi connectivity index (χ1n) is 13.6. The average molecular weight is 613 g/mol. The number of hydrogen-bond acceptors (Lipinski definition) is 3. The zero-order valence-electron chi connectivity index (χ0n) is 22.6. The molecular formula is C32H29Cl2F2N3O3. The number of carbonyl (C=O) groups is 2. The second-order valence-corrected chi connectivity index (χ2v) is 11.2. The zero-order chi connectivity index (χ0) is 30.0. The van der Waals surface area contributed by atoms with E-state index in [0.717, 1.165) is 0 Å². The van der Waals surface area contributed by atoms with E-state index in [1.807, 2.05) is 16.7 Å². The predicted molar refractivity (Wildman–Crippen MR) is 159 cm³/mol. The summed E-state index contributed by atoms with van der Waals surface area (Å²) in [4.78, 5) is 28.5. The molecule has 1 aliphatic rings. The molecule has 0 aliphatic carbocycles. The van der Waals surface area contributed by atoms with Gasteiger partial charge in [0.25, 0.3) is 5.91 Å². The third-order valence-electron chi connectivity index (χ3n) is 7.97. The van der Waals surface area contributed by atoms with E-state index in [-0.39, 0.29) is 43.5 Å². The molecule has 42 heavy (non-hydrogen) atoms. The number of likely N-dealkylation sites (tertiary alicyclic amines) is 1. The van der Waals surface area contributed by atoms with Gasteiger partial charge in [0.1, 0.15) is 11.6 Å². The van der Waals surface area contributed by atoms with Crippen LogP contribution in [0.5, 0.6) is 0 Å². The highest BCUT2D eigenvalue weighted by Crippen LogP contribution is 2.39. The number of piperidine rings is 1. The molecule has 1 saturated heterocycles. The van der Waals surface area contributed by atoms with Crippen LogP contribution in [0.25, 0.3) is 16.9 Å². The van der Waals surface area contributed by atoms with Gasteiger partial charge in [-0.2, -0.15) is 0 Å². The van der Waals surface area contributed by atoms with E-state index in [0.29, 0.717) is 51.6 Å². The SMILES string of the molecule is NC(=O)C1(c2ccc(F)cc2)CCN(C(=O)c2cc(-c3ccc(F)cc3Cl)n(-c3ccc(Cl)cc3)c2CCCO)CC1. The third-order valence-corrected chi connectivity index (χ3v) is 8.53. The number of benzene rings is 3. The van der Waals surface area contributed by atoms with Crippen molar-refractivity contribution in [3.8, 4) is 16.9 Å². The molecule has 1 aliphatic heterocycles. The lowest BCUT2D eigenvalue weighted by molar-refractivity contribution is -0.125. The Kier molecular flexibility index (Phi) is 8.68. The Labute approximate surface area is 252 Å². The number of rotatable bonds is 8. The molecule has 0 unspecified atom stereocenters. The lowest BCUT2D eigenvalue weighted by Gasteiger charge is -2.40. The van der Waals surface area contributed by atoms with Crippen LogP contribution in [0.4, 0.5) is 8.78 Å². The maximum atomic E-state index is 14.1. The molecule has 5 rings (SSSR count). The fourth-order valence-corrected chi connectivity index (χ4v) is 6.11. The van der Waals surface area contributed by atoms with Crippen LogP contribution in [0, 0.1) is 11.6 Å². The highest BCUT2D eigenvalue weighted by Gasteiger charge is 2.43. The number of hydrogen-bond donors (Lipinski definition) is 2. The number of nitrogens with two attached hydrogens (primary N) is 1. The van der Waals surface area contributed by atoms with Crippen molar-refractivity contribution >= 4 is 35.0 Å². The highest BCUT2D eigenvalue weighted by molar-refractivity contribution is 6.33. The number of amides is 2. The molecule has 0 bridgehead atoms. The summed E-state index contributed by atoms with van der Waals surface area (Å²) in [6.07, 6.45) is 1.32. The van der Waals surface area contributed by atoms with Gasteiger partial charge in [-0.25, -0.2) is 8.78 Å². The summed E-state index contributed by atoms with van der Waals surface area (Å²) < 4.78 is 29.4. The minimum absolute atomic E-state index is 0.0887. The van der Waals surface area contributed by atoms with Crippen molar-refractivity contribution in [3.05, 3.63) is 111 Å². The van der Waals surface area contributed by atoms with Crippen molar-refractivity contribution in [2.24, 2.45) is 5.73 Å². The average Bonchev–Trinajstić information content (AvgIpc) is 3.35. The molecule has 2 heterocycles. The largest absolute Gasteiger partial charge is 0.396 e. The molecule has 1 fully saturated rings. The maximum Gasteiger partial charge on any atom is 0.255 e. The van der Waals surface area contributed by atoms with Crippen molar-refractivity contribution in [1.29, 1.82) is 0 Å². The van der Waals surface area contributed by atoms with Crippen LogP contribution in [0.2, 0.25) is 10.0 Å². The first-order chi connectivity index (χ1) is 20.1. The second kappa shape index (κ2) is 12.3. The number of halogens is 4. The van der Waals surface area contributed by atoms with E-state index < -0.39 is 23.0 Å². The molecule has 0 radical (unpaired) electrons. The number of aliphatic hydroxyl groups is 1. The van der Waals surface area contributed by atoms with Gasteiger partial charge in [-0.1, -0.05) is 35.3 Å². The van der Waals surface area contributed by atoms with E-state index >= 15 is 0 Å². The summed E-state index contributed by atoms with van der Waals surface area (Å²) in [5.41, 5.74) is 8.33. The molecule has 0 saturated carbocycles. The Bertz CT molecular complexity index is 1610. The quantitative estimate of drug-likeness (QED) is 0.244. The van der Waals surface area contributed by atoms with Gasteiger partial charge in [0.2, 0.25) is 5.91 Å². The van der Waals surface area contributed by atoms with E-state index in [9.17, 15) is 23.5 Å². The lowest BCUT2D eigenvalue weighted by Crippen LogP contribution is -2.51. The van der Waals surface area contributed by atoms with Crippen molar-refractivity contribution in [3.63, 3.8) is 0 Å². The molecule has 10 heteroatoms. The summed E-state index contributed by atoms with van der Waals surface area (Å²) in [7, 11) is 0. The van der Waals surface area contributed by atoms with Gasteiger partial charge in [0.05, 0.1) is 21.7 Å². The number of aromatic nitrogens is 1. The third kappa shape index (κ3) is 5.67. The Hall–Kier alpha value is -3.72. The van der Waals surface area contributed by atoms with Gasteiger partial charge < -0.3 is 20.3 Å². The van der Waals surface area contributed by atoms with Crippen LogP contribution in [-0.2, 0) is 16.6 Å². The second-order valence-electron chi connectivity index (χ2n) is 10.4. The Balaban J connectivity index is 1.57. The molecule has 3 N–H and O–H groups in total.